The van der Waals surface area contributed by atoms with Gasteiger partial charge in [-0.2, -0.15) is 0 Å². The highest BCUT2D eigenvalue weighted by Gasteiger charge is 2.60. The molecule has 0 bridgehead atoms. The first-order chi connectivity index (χ1) is 16.2. The van der Waals surface area contributed by atoms with E-state index in [1.54, 1.807) is 6.92 Å². The van der Waals surface area contributed by atoms with Crippen molar-refractivity contribution in [3.05, 3.63) is 49.9 Å². The third-order valence-corrected chi connectivity index (χ3v) is 14.4. The van der Waals surface area contributed by atoms with Crippen LogP contribution < -0.4 is 0 Å². The van der Waals surface area contributed by atoms with E-state index >= 15 is 0 Å². The predicted octanol–water partition coefficient (Wildman–Crippen LogP) is 4.52. The van der Waals surface area contributed by atoms with Gasteiger partial charge in [-0.05, 0) is 42.8 Å². The standard InChI is InChI=1S/C23H32N2O7S2Si/c1-8-34(30)22-18(21(27)31-13-15-9-11-16(12-10-15)25(28)29)24-19(26)17(20(24)33-22)14(2)32-35(6,7)23(3,4)5/h9-12,14,17,20H,8,13H2,1-7H3/t14-,17+,20+,34?/m1/s1. The van der Waals surface area contributed by atoms with Gasteiger partial charge < -0.3 is 9.16 Å². The first kappa shape index (κ1) is 27.6. The molecule has 192 valence electrons. The van der Waals surface area contributed by atoms with E-state index in [1.165, 1.54) is 40.9 Å². The molecule has 0 aliphatic carbocycles. The fourth-order valence-corrected chi connectivity index (χ4v) is 8.15. The van der Waals surface area contributed by atoms with Crippen molar-refractivity contribution in [2.75, 3.05) is 5.75 Å². The summed E-state index contributed by atoms with van der Waals surface area (Å²) >= 11 is 1.27. The van der Waals surface area contributed by atoms with Crippen LogP contribution >= 0.6 is 11.8 Å². The molecule has 1 fully saturated rings. The smallest absolute Gasteiger partial charge is 0.357 e. The van der Waals surface area contributed by atoms with Crippen molar-refractivity contribution < 1.29 is 27.9 Å². The van der Waals surface area contributed by atoms with Crippen molar-refractivity contribution in [2.45, 2.75) is 70.8 Å². The van der Waals surface area contributed by atoms with Crippen LogP contribution in [0.3, 0.4) is 0 Å². The summed E-state index contributed by atoms with van der Waals surface area (Å²) in [5.41, 5.74) is 0.529. The van der Waals surface area contributed by atoms with E-state index in [9.17, 15) is 23.9 Å². The van der Waals surface area contributed by atoms with Crippen LogP contribution in [0, 0.1) is 16.0 Å². The molecule has 0 N–H and O–H groups in total. The van der Waals surface area contributed by atoms with Gasteiger partial charge in [0.2, 0.25) is 5.91 Å². The minimum Gasteiger partial charge on any atom is -0.456 e. The normalized spacial score (nSPS) is 21.9. The highest BCUT2D eigenvalue weighted by atomic mass is 32.2. The largest absolute Gasteiger partial charge is 0.456 e. The molecular formula is C23H32N2O7S2Si. The SMILES string of the molecule is CCS(=O)C1=C(C(=O)OCc2ccc([N+](=O)[O-])cc2)N2C(=O)[C@H]([C@@H](C)O[Si](C)(C)C(C)(C)C)[C@@H]2S1. The van der Waals surface area contributed by atoms with Gasteiger partial charge in [0.1, 0.15) is 16.2 Å². The maximum atomic E-state index is 13.2. The fourth-order valence-electron chi connectivity index (χ4n) is 3.67. The van der Waals surface area contributed by atoms with Crippen molar-refractivity contribution in [3.8, 4) is 0 Å². The van der Waals surface area contributed by atoms with Crippen molar-refractivity contribution in [1.82, 2.24) is 4.90 Å². The molecule has 2 aliphatic heterocycles. The van der Waals surface area contributed by atoms with E-state index in [-0.39, 0.29) is 40.4 Å². The second-order valence-corrected chi connectivity index (χ2v) is 17.9. The number of fused-ring (bicyclic) bond motifs is 1. The molecule has 2 heterocycles. The molecule has 0 spiro atoms. The molecule has 1 aromatic carbocycles. The third kappa shape index (κ3) is 5.40. The molecule has 1 unspecified atom stereocenters. The van der Waals surface area contributed by atoms with Crippen LogP contribution in [0.1, 0.15) is 40.2 Å². The number of amides is 1. The summed E-state index contributed by atoms with van der Waals surface area (Å²) in [6, 6.07) is 5.66. The first-order valence-electron chi connectivity index (χ1n) is 11.4. The van der Waals surface area contributed by atoms with E-state index in [1.807, 2.05) is 6.92 Å². The molecule has 35 heavy (non-hydrogen) atoms. The number of benzene rings is 1. The number of rotatable bonds is 9. The third-order valence-electron chi connectivity index (χ3n) is 6.72. The highest BCUT2D eigenvalue weighted by molar-refractivity contribution is 8.17. The number of thioether (sulfide) groups is 1. The lowest BCUT2D eigenvalue weighted by Crippen LogP contribution is -2.62. The maximum absolute atomic E-state index is 13.2. The predicted molar refractivity (Wildman–Crippen MR) is 138 cm³/mol. The number of carbonyl (C=O) groups is 2. The number of nitro groups is 1. The second-order valence-electron chi connectivity index (χ2n) is 10.1. The van der Waals surface area contributed by atoms with Gasteiger partial charge in [-0.15, -0.1) is 0 Å². The van der Waals surface area contributed by atoms with Crippen molar-refractivity contribution in [1.29, 1.82) is 0 Å². The van der Waals surface area contributed by atoms with Gasteiger partial charge in [0.15, 0.2) is 14.0 Å². The summed E-state index contributed by atoms with van der Waals surface area (Å²) in [6.07, 6.45) is -0.344. The molecule has 12 heteroatoms. The lowest BCUT2D eigenvalue weighted by atomic mass is 9.92. The topological polar surface area (TPSA) is 116 Å². The molecule has 0 aromatic heterocycles. The summed E-state index contributed by atoms with van der Waals surface area (Å²) in [7, 11) is -3.57. The van der Waals surface area contributed by atoms with Crippen molar-refractivity contribution in [2.24, 2.45) is 5.92 Å². The van der Waals surface area contributed by atoms with E-state index in [0.717, 1.165) is 0 Å². The van der Waals surface area contributed by atoms with E-state index in [2.05, 4.69) is 33.9 Å². The number of ether oxygens (including phenoxy) is 1. The van der Waals surface area contributed by atoms with Crippen molar-refractivity contribution in [3.63, 3.8) is 0 Å². The zero-order chi connectivity index (χ0) is 26.3. The minimum atomic E-state index is -2.12. The van der Waals surface area contributed by atoms with Crippen LogP contribution in [0.25, 0.3) is 0 Å². The number of nitrogens with zero attached hydrogens (tertiary/aromatic N) is 2. The summed E-state index contributed by atoms with van der Waals surface area (Å²) in [6.45, 7) is 14.2. The van der Waals surface area contributed by atoms with E-state index in [4.69, 9.17) is 9.16 Å². The van der Waals surface area contributed by atoms with Gasteiger partial charge in [-0.3, -0.25) is 24.0 Å². The quantitative estimate of drug-likeness (QED) is 0.148. The molecule has 4 atom stereocenters. The number of hydrogen-bond acceptors (Lipinski definition) is 8. The minimum absolute atomic E-state index is 0.0173. The average molecular weight is 541 g/mol. The molecule has 0 saturated carbocycles. The molecule has 0 radical (unpaired) electrons. The summed E-state index contributed by atoms with van der Waals surface area (Å²) in [5.74, 6) is -1.12. The number of non-ortho nitro benzene ring substituents is 1. The van der Waals surface area contributed by atoms with Crippen molar-refractivity contribution >= 4 is 48.4 Å². The zero-order valence-electron chi connectivity index (χ0n) is 21.0. The monoisotopic (exact) mass is 540 g/mol. The first-order valence-corrected chi connectivity index (χ1v) is 16.5. The van der Waals surface area contributed by atoms with Gasteiger partial charge in [-0.25, -0.2) is 4.79 Å². The van der Waals surface area contributed by atoms with Gasteiger partial charge >= 0.3 is 5.97 Å². The van der Waals surface area contributed by atoms with Gasteiger partial charge in [0, 0.05) is 17.9 Å². The van der Waals surface area contributed by atoms with Crippen LogP contribution in [-0.4, -0.2) is 51.5 Å². The van der Waals surface area contributed by atoms with Crippen LogP contribution in [0.4, 0.5) is 5.69 Å². The average Bonchev–Trinajstić information content (AvgIpc) is 3.11. The van der Waals surface area contributed by atoms with E-state index < -0.39 is 35.9 Å². The van der Waals surface area contributed by atoms with Gasteiger partial charge in [0.25, 0.3) is 5.69 Å². The Hall–Kier alpha value is -2.02. The van der Waals surface area contributed by atoms with E-state index in [0.29, 0.717) is 15.6 Å². The Kier molecular flexibility index (Phi) is 7.99. The van der Waals surface area contributed by atoms with Crippen LogP contribution in [-0.2, 0) is 36.2 Å². The molecule has 1 amide bonds. The number of hydrogen-bond donors (Lipinski definition) is 0. The van der Waals surface area contributed by atoms with Crippen LogP contribution in [0.5, 0.6) is 0 Å². The summed E-state index contributed by atoms with van der Waals surface area (Å²) in [5, 5.41) is 10.4. The zero-order valence-corrected chi connectivity index (χ0v) is 23.7. The number of carbonyl (C=O) groups excluding carboxylic acids is 2. The molecular weight excluding hydrogens is 508 g/mol. The fraction of sp³-hybridized carbons (Fsp3) is 0.565. The Morgan fingerprint density at radius 2 is 1.89 bits per heavy atom. The summed E-state index contributed by atoms with van der Waals surface area (Å²) < 4.78 is 25.0. The summed E-state index contributed by atoms with van der Waals surface area (Å²) in [4.78, 5) is 38.0. The Balaban J connectivity index is 1.76. The highest BCUT2D eigenvalue weighted by Crippen LogP contribution is 2.52. The second kappa shape index (κ2) is 10.2. The lowest BCUT2D eigenvalue weighted by Gasteiger charge is -2.48. The van der Waals surface area contributed by atoms with Gasteiger partial charge in [-0.1, -0.05) is 39.5 Å². The Labute approximate surface area is 213 Å². The lowest BCUT2D eigenvalue weighted by molar-refractivity contribution is -0.384. The van der Waals surface area contributed by atoms with Crippen LogP contribution in [0.15, 0.2) is 34.2 Å². The Bertz CT molecular complexity index is 1080. The van der Waals surface area contributed by atoms with Crippen LogP contribution in [0.2, 0.25) is 18.1 Å². The Morgan fingerprint density at radius 3 is 2.40 bits per heavy atom. The number of esters is 1. The molecule has 1 saturated heterocycles. The number of β-lactam (4-membered cyclic amide) rings is 1. The molecule has 3 rings (SSSR count). The number of nitro benzene ring substituents is 1. The van der Waals surface area contributed by atoms with Gasteiger partial charge in [0.05, 0.1) is 27.7 Å². The molecule has 9 nitrogen and oxygen atoms in total. The molecule has 2 aliphatic rings. The molecule has 1 aromatic rings. The maximum Gasteiger partial charge on any atom is 0.357 e. The Morgan fingerprint density at radius 1 is 1.29 bits per heavy atom.